The van der Waals surface area contributed by atoms with E-state index >= 15 is 0 Å². The molecule has 0 aliphatic heterocycles. The molecule has 0 unspecified atom stereocenters. The normalized spacial score (nSPS) is 10.0. The number of hydrogen-bond acceptors (Lipinski definition) is 3. The molecule has 2 N–H and O–H groups in total. The number of amides is 1. The van der Waals surface area contributed by atoms with Crippen LogP contribution in [0.3, 0.4) is 0 Å². The van der Waals surface area contributed by atoms with E-state index in [1.807, 2.05) is 19.1 Å². The summed E-state index contributed by atoms with van der Waals surface area (Å²) in [5.74, 6) is -1.30. The zero-order valence-electron chi connectivity index (χ0n) is 9.93. The highest BCUT2D eigenvalue weighted by Gasteiger charge is 2.17. The van der Waals surface area contributed by atoms with Gasteiger partial charge in [0, 0.05) is 5.69 Å². The molecule has 5 heteroatoms. The molecule has 0 radical (unpaired) electrons. The molecule has 1 aromatic carbocycles. The molecular formula is C12H16N2O3. The average molecular weight is 236 g/mol. The third kappa shape index (κ3) is 3.88. The Morgan fingerprint density at radius 2 is 1.88 bits per heavy atom. The first kappa shape index (κ1) is 13.2. The maximum Gasteiger partial charge on any atom is 0.323 e. The standard InChI is InChI=1S/C12H16N2O3/c1-9-3-5-10(6-4-9)14(8-12(16)17)11(15)7-13-2/h3-6,13H,7-8H2,1-2H3,(H,16,17). The Kier molecular flexibility index (Phi) is 4.66. The van der Waals surface area contributed by atoms with Gasteiger partial charge in [0.05, 0.1) is 6.54 Å². The van der Waals surface area contributed by atoms with Crippen molar-refractivity contribution in [2.45, 2.75) is 6.92 Å². The summed E-state index contributed by atoms with van der Waals surface area (Å²) in [5.41, 5.74) is 1.66. The van der Waals surface area contributed by atoms with Crippen LogP contribution in [0.2, 0.25) is 0 Å². The fourth-order valence-corrected chi connectivity index (χ4v) is 1.43. The molecule has 0 spiro atoms. The summed E-state index contributed by atoms with van der Waals surface area (Å²) in [4.78, 5) is 23.8. The number of nitrogens with one attached hydrogen (secondary N) is 1. The lowest BCUT2D eigenvalue weighted by molar-refractivity contribution is -0.136. The maximum atomic E-state index is 11.8. The van der Waals surface area contributed by atoms with Crippen LogP contribution >= 0.6 is 0 Å². The van der Waals surface area contributed by atoms with Gasteiger partial charge in [-0.1, -0.05) is 17.7 Å². The topological polar surface area (TPSA) is 69.6 Å². The molecule has 1 amide bonds. The average Bonchev–Trinajstić information content (AvgIpc) is 2.27. The summed E-state index contributed by atoms with van der Waals surface area (Å²) < 4.78 is 0. The summed E-state index contributed by atoms with van der Waals surface area (Å²) >= 11 is 0. The number of anilines is 1. The Bertz CT molecular complexity index is 401. The summed E-state index contributed by atoms with van der Waals surface area (Å²) in [6.07, 6.45) is 0. The fourth-order valence-electron chi connectivity index (χ4n) is 1.43. The third-order valence-electron chi connectivity index (χ3n) is 2.27. The molecule has 0 fully saturated rings. The SMILES string of the molecule is CNCC(=O)N(CC(=O)O)c1ccc(C)cc1. The molecule has 92 valence electrons. The minimum atomic E-state index is -1.03. The molecule has 0 atom stereocenters. The van der Waals surface area contributed by atoms with Gasteiger partial charge < -0.3 is 15.3 Å². The summed E-state index contributed by atoms with van der Waals surface area (Å²) in [5, 5.41) is 11.5. The van der Waals surface area contributed by atoms with Gasteiger partial charge in [-0.25, -0.2) is 0 Å². The number of aliphatic carboxylic acids is 1. The van der Waals surface area contributed by atoms with Crippen LogP contribution in [0.25, 0.3) is 0 Å². The number of aryl methyl sites for hydroxylation is 1. The summed E-state index contributed by atoms with van der Waals surface area (Å²) in [7, 11) is 1.64. The van der Waals surface area contributed by atoms with Crippen molar-refractivity contribution < 1.29 is 14.7 Å². The zero-order chi connectivity index (χ0) is 12.8. The number of rotatable bonds is 5. The lowest BCUT2D eigenvalue weighted by Crippen LogP contribution is -2.40. The predicted octanol–water partition coefficient (Wildman–Crippen LogP) is 0.632. The molecule has 0 aromatic heterocycles. The number of nitrogens with zero attached hydrogens (tertiary/aromatic N) is 1. The maximum absolute atomic E-state index is 11.8. The Morgan fingerprint density at radius 3 is 2.35 bits per heavy atom. The van der Waals surface area contributed by atoms with Crippen LogP contribution in [0, 0.1) is 6.92 Å². The molecule has 0 heterocycles. The van der Waals surface area contributed by atoms with Crippen molar-refractivity contribution in [1.82, 2.24) is 5.32 Å². The largest absolute Gasteiger partial charge is 0.480 e. The molecule has 0 bridgehead atoms. The van der Waals surface area contributed by atoms with E-state index in [4.69, 9.17) is 5.11 Å². The zero-order valence-corrected chi connectivity index (χ0v) is 9.93. The third-order valence-corrected chi connectivity index (χ3v) is 2.27. The molecule has 0 saturated carbocycles. The van der Waals surface area contributed by atoms with Crippen molar-refractivity contribution in [2.24, 2.45) is 0 Å². The van der Waals surface area contributed by atoms with Gasteiger partial charge in [-0.05, 0) is 26.1 Å². The Morgan fingerprint density at radius 1 is 1.29 bits per heavy atom. The number of carboxylic acids is 1. The molecule has 0 saturated heterocycles. The van der Waals surface area contributed by atoms with Gasteiger partial charge in [0.1, 0.15) is 6.54 Å². The second-order valence-corrected chi connectivity index (χ2v) is 3.74. The summed E-state index contributed by atoms with van der Waals surface area (Å²) in [6, 6.07) is 7.17. The van der Waals surface area contributed by atoms with E-state index in [-0.39, 0.29) is 19.0 Å². The number of carbonyl (C=O) groups excluding carboxylic acids is 1. The van der Waals surface area contributed by atoms with E-state index in [9.17, 15) is 9.59 Å². The Balaban J connectivity index is 2.92. The van der Waals surface area contributed by atoms with Crippen molar-refractivity contribution in [2.75, 3.05) is 25.0 Å². The number of likely N-dealkylation sites (N-methyl/N-ethyl adjacent to an activating group) is 1. The highest BCUT2D eigenvalue weighted by Crippen LogP contribution is 2.14. The molecule has 0 aliphatic carbocycles. The molecule has 5 nitrogen and oxygen atoms in total. The first-order chi connectivity index (χ1) is 8.04. The number of hydrogen-bond donors (Lipinski definition) is 2. The lowest BCUT2D eigenvalue weighted by atomic mass is 10.2. The van der Waals surface area contributed by atoms with E-state index in [2.05, 4.69) is 5.32 Å². The van der Waals surface area contributed by atoms with Crippen molar-refractivity contribution in [3.8, 4) is 0 Å². The Labute approximate surface area is 100 Å². The fraction of sp³-hybridized carbons (Fsp3) is 0.333. The first-order valence-corrected chi connectivity index (χ1v) is 5.28. The monoisotopic (exact) mass is 236 g/mol. The van der Waals surface area contributed by atoms with E-state index in [0.29, 0.717) is 5.69 Å². The van der Waals surface area contributed by atoms with Crippen LogP contribution in [0.1, 0.15) is 5.56 Å². The van der Waals surface area contributed by atoms with Crippen LogP contribution in [-0.4, -0.2) is 37.1 Å². The minimum absolute atomic E-state index is 0.112. The predicted molar refractivity (Wildman–Crippen MR) is 65.1 cm³/mol. The van der Waals surface area contributed by atoms with Gasteiger partial charge >= 0.3 is 5.97 Å². The number of carboxylic acid groups (broad SMARTS) is 1. The number of carbonyl (C=O) groups is 2. The van der Waals surface area contributed by atoms with Crippen LogP contribution in [0.5, 0.6) is 0 Å². The Hall–Kier alpha value is -1.88. The van der Waals surface area contributed by atoms with Crippen molar-refractivity contribution in [3.05, 3.63) is 29.8 Å². The van der Waals surface area contributed by atoms with E-state index in [1.165, 1.54) is 4.90 Å². The molecular weight excluding hydrogens is 220 g/mol. The van der Waals surface area contributed by atoms with E-state index < -0.39 is 5.97 Å². The van der Waals surface area contributed by atoms with Gasteiger partial charge in [-0.3, -0.25) is 9.59 Å². The minimum Gasteiger partial charge on any atom is -0.480 e. The van der Waals surface area contributed by atoms with Gasteiger partial charge in [0.2, 0.25) is 5.91 Å². The number of benzene rings is 1. The second kappa shape index (κ2) is 6.00. The quantitative estimate of drug-likeness (QED) is 0.786. The lowest BCUT2D eigenvalue weighted by Gasteiger charge is -2.20. The van der Waals surface area contributed by atoms with Gasteiger partial charge in [-0.15, -0.1) is 0 Å². The molecule has 1 rings (SSSR count). The van der Waals surface area contributed by atoms with Crippen LogP contribution in [0.15, 0.2) is 24.3 Å². The van der Waals surface area contributed by atoms with Crippen molar-refractivity contribution in [1.29, 1.82) is 0 Å². The second-order valence-electron chi connectivity index (χ2n) is 3.74. The van der Waals surface area contributed by atoms with Gasteiger partial charge in [0.15, 0.2) is 0 Å². The van der Waals surface area contributed by atoms with Crippen LogP contribution in [0.4, 0.5) is 5.69 Å². The molecule has 0 aliphatic rings. The van der Waals surface area contributed by atoms with E-state index in [0.717, 1.165) is 5.56 Å². The van der Waals surface area contributed by atoms with Crippen molar-refractivity contribution >= 4 is 17.6 Å². The van der Waals surface area contributed by atoms with Gasteiger partial charge in [-0.2, -0.15) is 0 Å². The van der Waals surface area contributed by atoms with E-state index in [1.54, 1.807) is 19.2 Å². The van der Waals surface area contributed by atoms with Crippen LogP contribution in [-0.2, 0) is 9.59 Å². The highest BCUT2D eigenvalue weighted by molar-refractivity contribution is 5.98. The van der Waals surface area contributed by atoms with Gasteiger partial charge in [0.25, 0.3) is 0 Å². The summed E-state index contributed by atoms with van der Waals surface area (Å²) in [6.45, 7) is 1.71. The van der Waals surface area contributed by atoms with Crippen molar-refractivity contribution in [3.63, 3.8) is 0 Å². The molecule has 1 aromatic rings. The highest BCUT2D eigenvalue weighted by atomic mass is 16.4. The first-order valence-electron chi connectivity index (χ1n) is 5.28. The molecule has 17 heavy (non-hydrogen) atoms. The van der Waals surface area contributed by atoms with Crippen LogP contribution < -0.4 is 10.2 Å². The smallest absolute Gasteiger partial charge is 0.323 e.